The summed E-state index contributed by atoms with van der Waals surface area (Å²) in [5.41, 5.74) is 10.0. The van der Waals surface area contributed by atoms with Crippen molar-refractivity contribution in [1.82, 2.24) is 10.2 Å². The van der Waals surface area contributed by atoms with Gasteiger partial charge in [0.15, 0.2) is 0 Å². The average molecular weight is 539 g/mol. The normalized spacial score (nSPS) is 14.2. The Morgan fingerprint density at radius 2 is 2.00 bits per heavy atom. The summed E-state index contributed by atoms with van der Waals surface area (Å²) in [6, 6.07) is 11.1. The van der Waals surface area contributed by atoms with Crippen LogP contribution in [-0.4, -0.2) is 16.1 Å². The van der Waals surface area contributed by atoms with E-state index in [1.807, 2.05) is 30.3 Å². The molecule has 0 aliphatic carbocycles. The largest absolute Gasteiger partial charge is 0.484 e. The standard InChI is InChI=1S/C28H25F3N4O2S/c1-16-11-19(20-14-33-34-15-20)12-18-7-5-6-10-35(25(16)18)24-13-23(26(38-24)27(32)36)37-17(2)21-8-3-4-9-22(21)28(29,30)31/h3-4,6,8-15,17H,5,7H2,1-2H3,(H2,32,36)(H,33,34). The monoisotopic (exact) mass is 538 g/mol. The fourth-order valence-corrected chi connectivity index (χ4v) is 5.68. The maximum atomic E-state index is 13.6. The highest BCUT2D eigenvalue weighted by Gasteiger charge is 2.35. The van der Waals surface area contributed by atoms with Crippen LogP contribution >= 0.6 is 11.3 Å². The maximum Gasteiger partial charge on any atom is 0.416 e. The van der Waals surface area contributed by atoms with Gasteiger partial charge in [0.1, 0.15) is 21.7 Å². The Morgan fingerprint density at radius 1 is 1.21 bits per heavy atom. The van der Waals surface area contributed by atoms with E-state index < -0.39 is 23.8 Å². The van der Waals surface area contributed by atoms with Crippen molar-refractivity contribution in [2.24, 2.45) is 5.73 Å². The molecule has 196 valence electrons. The van der Waals surface area contributed by atoms with Gasteiger partial charge in [-0.05, 0) is 61.6 Å². The highest BCUT2D eigenvalue weighted by atomic mass is 32.1. The van der Waals surface area contributed by atoms with Crippen molar-refractivity contribution >= 4 is 27.9 Å². The van der Waals surface area contributed by atoms with E-state index in [2.05, 4.69) is 22.3 Å². The van der Waals surface area contributed by atoms with Crippen molar-refractivity contribution in [3.05, 3.63) is 94.3 Å². The Bertz CT molecular complexity index is 1510. The van der Waals surface area contributed by atoms with Gasteiger partial charge in [-0.3, -0.25) is 9.89 Å². The van der Waals surface area contributed by atoms with E-state index in [4.69, 9.17) is 10.5 Å². The Hall–Kier alpha value is -4.05. The molecule has 3 heterocycles. The molecular formula is C28H25F3N4O2S. The van der Waals surface area contributed by atoms with E-state index in [0.717, 1.165) is 58.2 Å². The van der Waals surface area contributed by atoms with Crippen molar-refractivity contribution in [3.8, 4) is 16.9 Å². The number of primary amides is 1. The number of hydrogen-bond donors (Lipinski definition) is 2. The van der Waals surface area contributed by atoms with E-state index in [0.29, 0.717) is 5.00 Å². The van der Waals surface area contributed by atoms with Crippen LogP contribution in [0, 0.1) is 6.92 Å². The number of H-pyrrole nitrogens is 1. The summed E-state index contributed by atoms with van der Waals surface area (Å²) in [6.45, 7) is 3.54. The third kappa shape index (κ3) is 4.91. The molecule has 1 unspecified atom stereocenters. The number of alkyl halides is 3. The fraction of sp³-hybridized carbons (Fsp3) is 0.214. The zero-order chi connectivity index (χ0) is 27.0. The van der Waals surface area contributed by atoms with Crippen molar-refractivity contribution < 1.29 is 22.7 Å². The number of nitrogens with two attached hydrogens (primary N) is 1. The lowest BCUT2D eigenvalue weighted by Gasteiger charge is -2.23. The molecule has 1 amide bonds. The maximum absolute atomic E-state index is 13.6. The van der Waals surface area contributed by atoms with Gasteiger partial charge in [0, 0.05) is 29.6 Å². The molecule has 0 radical (unpaired) electrons. The van der Waals surface area contributed by atoms with Crippen molar-refractivity contribution in [3.63, 3.8) is 0 Å². The van der Waals surface area contributed by atoms with Crippen LogP contribution in [0.25, 0.3) is 11.1 Å². The molecule has 3 N–H and O–H groups in total. The van der Waals surface area contributed by atoms with Crippen LogP contribution in [0.1, 0.15) is 51.4 Å². The van der Waals surface area contributed by atoms with Gasteiger partial charge in [0.05, 0.1) is 17.4 Å². The molecule has 5 rings (SSSR count). The molecular weight excluding hydrogens is 513 g/mol. The number of halogens is 3. The highest BCUT2D eigenvalue weighted by molar-refractivity contribution is 7.18. The molecule has 2 aromatic heterocycles. The average Bonchev–Trinajstić information content (AvgIpc) is 3.50. The zero-order valence-electron chi connectivity index (χ0n) is 20.7. The second kappa shape index (κ2) is 10.0. The van der Waals surface area contributed by atoms with E-state index in [1.165, 1.54) is 25.1 Å². The number of nitrogens with one attached hydrogen (secondary N) is 1. The summed E-state index contributed by atoms with van der Waals surface area (Å²) in [5, 5.41) is 7.56. The topological polar surface area (TPSA) is 84.2 Å². The summed E-state index contributed by atoms with van der Waals surface area (Å²) >= 11 is 1.14. The third-order valence-electron chi connectivity index (χ3n) is 6.44. The van der Waals surface area contributed by atoms with Crippen LogP contribution in [0.4, 0.5) is 23.9 Å². The van der Waals surface area contributed by atoms with Crippen LogP contribution in [0.5, 0.6) is 5.75 Å². The first-order valence-corrected chi connectivity index (χ1v) is 12.8. The van der Waals surface area contributed by atoms with Crippen LogP contribution < -0.4 is 15.4 Å². The number of carbonyl (C=O) groups is 1. The van der Waals surface area contributed by atoms with Crippen LogP contribution in [-0.2, 0) is 12.6 Å². The summed E-state index contributed by atoms with van der Waals surface area (Å²) in [7, 11) is 0. The Kier molecular flexibility index (Phi) is 6.75. The first-order valence-electron chi connectivity index (χ1n) is 12.0. The number of nitrogens with zero attached hydrogens (tertiary/aromatic N) is 2. The Balaban J connectivity index is 1.53. The quantitative estimate of drug-likeness (QED) is 0.270. The zero-order valence-corrected chi connectivity index (χ0v) is 21.5. The molecule has 0 fully saturated rings. The summed E-state index contributed by atoms with van der Waals surface area (Å²) < 4.78 is 46.7. The lowest BCUT2D eigenvalue weighted by Crippen LogP contribution is -2.15. The van der Waals surface area contributed by atoms with Crippen molar-refractivity contribution in [2.75, 3.05) is 4.90 Å². The van der Waals surface area contributed by atoms with Gasteiger partial charge in [-0.1, -0.05) is 24.3 Å². The third-order valence-corrected chi connectivity index (χ3v) is 7.57. The first kappa shape index (κ1) is 25.6. The molecule has 38 heavy (non-hydrogen) atoms. The number of allylic oxidation sites excluding steroid dienone is 1. The number of aromatic amines is 1. The Morgan fingerprint density at radius 3 is 2.71 bits per heavy atom. The van der Waals surface area contributed by atoms with E-state index in [9.17, 15) is 18.0 Å². The number of anilines is 2. The minimum Gasteiger partial charge on any atom is -0.484 e. The predicted octanol–water partition coefficient (Wildman–Crippen LogP) is 7.30. The summed E-state index contributed by atoms with van der Waals surface area (Å²) in [5.74, 6) is -0.563. The van der Waals surface area contributed by atoms with Gasteiger partial charge in [0.2, 0.25) is 0 Å². The van der Waals surface area contributed by atoms with E-state index in [-0.39, 0.29) is 16.2 Å². The van der Waals surface area contributed by atoms with Crippen molar-refractivity contribution in [2.45, 2.75) is 39.0 Å². The summed E-state index contributed by atoms with van der Waals surface area (Å²) in [4.78, 5) is 14.5. The number of rotatable bonds is 6. The lowest BCUT2D eigenvalue weighted by molar-refractivity contribution is -0.138. The number of ether oxygens (including phenoxy) is 1. The molecule has 0 spiro atoms. The molecule has 0 bridgehead atoms. The van der Waals surface area contributed by atoms with Crippen LogP contribution in [0.2, 0.25) is 0 Å². The number of aryl methyl sites for hydroxylation is 2. The number of thiophene rings is 1. The molecule has 4 aromatic rings. The molecule has 1 atom stereocenters. The molecule has 2 aromatic carbocycles. The number of benzene rings is 2. The van der Waals surface area contributed by atoms with Gasteiger partial charge < -0.3 is 15.4 Å². The minimum absolute atomic E-state index is 0.0224. The van der Waals surface area contributed by atoms with Crippen LogP contribution in [0.3, 0.4) is 0 Å². The molecule has 1 aliphatic heterocycles. The number of carbonyl (C=O) groups excluding carboxylic acids is 1. The smallest absolute Gasteiger partial charge is 0.416 e. The lowest BCUT2D eigenvalue weighted by atomic mass is 9.97. The van der Waals surface area contributed by atoms with Gasteiger partial charge in [-0.2, -0.15) is 18.3 Å². The minimum atomic E-state index is -4.53. The number of amides is 1. The predicted molar refractivity (Wildman–Crippen MR) is 142 cm³/mol. The molecule has 0 saturated heterocycles. The number of fused-ring (bicyclic) bond motifs is 1. The first-order chi connectivity index (χ1) is 18.1. The SMILES string of the molecule is Cc1cc(-c2cn[nH]c2)cc2c1N(c1cc(OC(C)c3ccccc3C(F)(F)F)c(C(N)=O)s1)C=CCC2. The van der Waals surface area contributed by atoms with E-state index >= 15 is 0 Å². The number of aromatic nitrogens is 2. The van der Waals surface area contributed by atoms with Gasteiger partial charge in [-0.25, -0.2) is 0 Å². The second-order valence-corrected chi connectivity index (χ2v) is 10.1. The molecule has 0 saturated carbocycles. The molecule has 1 aliphatic rings. The van der Waals surface area contributed by atoms with Gasteiger partial charge in [0.25, 0.3) is 5.91 Å². The van der Waals surface area contributed by atoms with Crippen molar-refractivity contribution in [1.29, 1.82) is 0 Å². The number of hydrogen-bond acceptors (Lipinski definition) is 5. The van der Waals surface area contributed by atoms with Crippen LogP contribution in [0.15, 0.2) is 67.1 Å². The summed E-state index contributed by atoms with van der Waals surface area (Å²) in [6.07, 6.45) is 3.73. The molecule has 6 nitrogen and oxygen atoms in total. The van der Waals surface area contributed by atoms with Gasteiger partial charge in [-0.15, -0.1) is 11.3 Å². The van der Waals surface area contributed by atoms with Gasteiger partial charge >= 0.3 is 6.18 Å². The molecule has 10 heteroatoms. The second-order valence-electron chi connectivity index (χ2n) is 9.07. The Labute approximate surface area is 221 Å². The van der Waals surface area contributed by atoms with E-state index in [1.54, 1.807) is 12.3 Å². The highest BCUT2D eigenvalue weighted by Crippen LogP contribution is 2.45. The fourth-order valence-electron chi connectivity index (χ4n) is 4.74.